The first-order valence-corrected chi connectivity index (χ1v) is 5.73. The molecule has 15 heavy (non-hydrogen) atoms. The highest BCUT2D eigenvalue weighted by Gasteiger charge is 2.45. The molecule has 2 atom stereocenters. The lowest BCUT2D eigenvalue weighted by molar-refractivity contribution is 0.283. The zero-order valence-electron chi connectivity index (χ0n) is 9.42. The molecule has 1 saturated heterocycles. The first-order chi connectivity index (χ1) is 7.21. The van der Waals surface area contributed by atoms with E-state index in [-0.39, 0.29) is 5.54 Å². The van der Waals surface area contributed by atoms with Crippen molar-refractivity contribution in [2.75, 3.05) is 20.1 Å². The molecule has 0 radical (unpaired) electrons. The summed E-state index contributed by atoms with van der Waals surface area (Å²) < 4.78 is 5.55. The minimum Gasteiger partial charge on any atom is -0.469 e. The zero-order valence-corrected chi connectivity index (χ0v) is 9.42. The fraction of sp³-hybridized carbons (Fsp3) is 0.667. The van der Waals surface area contributed by atoms with E-state index in [1.807, 2.05) is 6.26 Å². The van der Waals surface area contributed by atoms with Crippen LogP contribution in [0.5, 0.6) is 0 Å². The molecule has 2 aliphatic rings. The van der Waals surface area contributed by atoms with Gasteiger partial charge in [0, 0.05) is 31.1 Å². The molecular weight excluding hydrogens is 188 g/mol. The summed E-state index contributed by atoms with van der Waals surface area (Å²) in [4.78, 5) is 2.43. The van der Waals surface area contributed by atoms with Crippen LogP contribution in [0, 0.1) is 0 Å². The Hall–Kier alpha value is -0.800. The summed E-state index contributed by atoms with van der Waals surface area (Å²) in [5.41, 5.74) is 1.55. The average molecular weight is 206 g/mol. The van der Waals surface area contributed by atoms with Crippen LogP contribution in [-0.2, 0) is 12.0 Å². The van der Waals surface area contributed by atoms with Gasteiger partial charge in [0.25, 0.3) is 0 Å². The second-order valence-corrected chi connectivity index (χ2v) is 4.98. The van der Waals surface area contributed by atoms with Crippen LogP contribution in [0.2, 0.25) is 0 Å². The number of furan rings is 1. The van der Waals surface area contributed by atoms with Crippen LogP contribution in [0.25, 0.3) is 0 Å². The molecule has 1 aromatic rings. The summed E-state index contributed by atoms with van der Waals surface area (Å²) in [5, 5.41) is 3.70. The number of nitrogens with one attached hydrogen (secondary N) is 1. The van der Waals surface area contributed by atoms with E-state index in [0.717, 1.165) is 19.5 Å². The molecule has 1 aromatic heterocycles. The summed E-state index contributed by atoms with van der Waals surface area (Å²) in [6, 6.07) is 2.80. The van der Waals surface area contributed by atoms with Gasteiger partial charge in [-0.05, 0) is 26.5 Å². The summed E-state index contributed by atoms with van der Waals surface area (Å²) in [5.74, 6) is 1.19. The molecule has 3 nitrogen and oxygen atoms in total. The minimum atomic E-state index is 0.161. The number of nitrogens with zero attached hydrogens (tertiary/aromatic N) is 1. The van der Waals surface area contributed by atoms with Crippen LogP contribution in [0.15, 0.2) is 16.7 Å². The minimum absolute atomic E-state index is 0.161. The monoisotopic (exact) mass is 206 g/mol. The van der Waals surface area contributed by atoms with Gasteiger partial charge >= 0.3 is 0 Å². The number of fused-ring (bicyclic) bond motifs is 2. The third-order valence-corrected chi connectivity index (χ3v) is 3.99. The Morgan fingerprint density at radius 3 is 3.20 bits per heavy atom. The van der Waals surface area contributed by atoms with Crippen LogP contribution < -0.4 is 5.32 Å². The van der Waals surface area contributed by atoms with E-state index >= 15 is 0 Å². The van der Waals surface area contributed by atoms with Crippen molar-refractivity contribution in [3.8, 4) is 0 Å². The Labute approximate surface area is 90.4 Å². The average Bonchev–Trinajstić information content (AvgIpc) is 2.75. The van der Waals surface area contributed by atoms with Gasteiger partial charge in [-0.3, -0.25) is 0 Å². The van der Waals surface area contributed by atoms with E-state index in [9.17, 15) is 0 Å². The van der Waals surface area contributed by atoms with Gasteiger partial charge in [0.15, 0.2) is 0 Å². The maximum Gasteiger partial charge on any atom is 0.110 e. The van der Waals surface area contributed by atoms with Crippen molar-refractivity contribution in [2.45, 2.75) is 31.3 Å². The molecule has 0 amide bonds. The summed E-state index contributed by atoms with van der Waals surface area (Å²) in [6.45, 7) is 4.44. The quantitative estimate of drug-likeness (QED) is 0.694. The Morgan fingerprint density at radius 1 is 1.60 bits per heavy atom. The van der Waals surface area contributed by atoms with Gasteiger partial charge in [0.1, 0.15) is 5.76 Å². The van der Waals surface area contributed by atoms with Gasteiger partial charge in [-0.25, -0.2) is 0 Å². The highest BCUT2D eigenvalue weighted by atomic mass is 16.3. The van der Waals surface area contributed by atoms with Crippen LogP contribution in [-0.4, -0.2) is 31.1 Å². The molecule has 3 heterocycles. The number of likely N-dealkylation sites (N-methyl/N-ethyl adjacent to an activating group) is 1. The molecule has 2 unspecified atom stereocenters. The summed E-state index contributed by atoms with van der Waals surface area (Å²) in [6.07, 6.45) is 4.06. The fourth-order valence-electron chi connectivity index (χ4n) is 3.10. The van der Waals surface area contributed by atoms with Crippen LogP contribution in [0.4, 0.5) is 0 Å². The Kier molecular flexibility index (Phi) is 1.94. The van der Waals surface area contributed by atoms with Gasteiger partial charge in [-0.1, -0.05) is 0 Å². The van der Waals surface area contributed by atoms with Crippen molar-refractivity contribution < 1.29 is 4.42 Å². The molecule has 1 N–H and O–H groups in total. The zero-order chi connectivity index (χ0) is 10.5. The lowest BCUT2D eigenvalue weighted by Gasteiger charge is -2.34. The molecular formula is C12H18N2O. The Morgan fingerprint density at radius 2 is 2.47 bits per heavy atom. The van der Waals surface area contributed by atoms with Crippen molar-refractivity contribution in [1.82, 2.24) is 10.2 Å². The van der Waals surface area contributed by atoms with Crippen molar-refractivity contribution >= 4 is 0 Å². The molecule has 0 aliphatic carbocycles. The summed E-state index contributed by atoms with van der Waals surface area (Å²) in [7, 11) is 2.20. The van der Waals surface area contributed by atoms with Crippen LogP contribution >= 0.6 is 0 Å². The molecule has 82 valence electrons. The molecule has 2 aliphatic heterocycles. The Bertz CT molecular complexity index is 361. The van der Waals surface area contributed by atoms with Gasteiger partial charge in [0.2, 0.25) is 0 Å². The van der Waals surface area contributed by atoms with E-state index in [2.05, 4.69) is 30.3 Å². The topological polar surface area (TPSA) is 28.4 Å². The second kappa shape index (κ2) is 3.09. The second-order valence-electron chi connectivity index (χ2n) is 4.98. The van der Waals surface area contributed by atoms with Crippen molar-refractivity contribution in [3.63, 3.8) is 0 Å². The van der Waals surface area contributed by atoms with E-state index in [1.165, 1.54) is 17.7 Å². The normalized spacial score (nSPS) is 36.0. The lowest BCUT2D eigenvalue weighted by atomic mass is 9.84. The van der Waals surface area contributed by atoms with E-state index < -0.39 is 0 Å². The highest BCUT2D eigenvalue weighted by molar-refractivity contribution is 5.32. The van der Waals surface area contributed by atoms with Gasteiger partial charge < -0.3 is 14.6 Å². The van der Waals surface area contributed by atoms with E-state index in [1.54, 1.807) is 0 Å². The van der Waals surface area contributed by atoms with Crippen molar-refractivity contribution in [2.24, 2.45) is 0 Å². The number of likely N-dealkylation sites (tertiary alicyclic amines) is 1. The standard InChI is InChI=1S/C12H18N2O/c1-9-7-12(8-14(9)2)10-4-6-15-11(10)3-5-13-12/h4,6,9,13H,3,5,7-8H2,1-2H3. The maximum absolute atomic E-state index is 5.55. The molecule has 0 bridgehead atoms. The van der Waals surface area contributed by atoms with Gasteiger partial charge in [-0.2, -0.15) is 0 Å². The number of rotatable bonds is 0. The van der Waals surface area contributed by atoms with Gasteiger partial charge in [-0.15, -0.1) is 0 Å². The van der Waals surface area contributed by atoms with Crippen molar-refractivity contribution in [3.05, 3.63) is 23.7 Å². The molecule has 0 saturated carbocycles. The highest BCUT2D eigenvalue weighted by Crippen LogP contribution is 2.39. The molecule has 0 aromatic carbocycles. The first-order valence-electron chi connectivity index (χ1n) is 5.73. The maximum atomic E-state index is 5.55. The predicted molar refractivity (Wildman–Crippen MR) is 58.8 cm³/mol. The SMILES string of the molecule is CC1CC2(CN1C)NCCc1occc12. The molecule has 1 fully saturated rings. The smallest absolute Gasteiger partial charge is 0.110 e. The third kappa shape index (κ3) is 1.26. The van der Waals surface area contributed by atoms with Crippen molar-refractivity contribution in [1.29, 1.82) is 0 Å². The van der Waals surface area contributed by atoms with Crippen LogP contribution in [0.3, 0.4) is 0 Å². The third-order valence-electron chi connectivity index (χ3n) is 3.99. The Balaban J connectivity index is 2.02. The lowest BCUT2D eigenvalue weighted by Crippen LogP contribution is -2.48. The molecule has 3 rings (SSSR count). The number of hydrogen-bond donors (Lipinski definition) is 1. The van der Waals surface area contributed by atoms with Crippen LogP contribution in [0.1, 0.15) is 24.7 Å². The first kappa shape index (κ1) is 9.43. The van der Waals surface area contributed by atoms with E-state index in [0.29, 0.717) is 6.04 Å². The molecule has 1 spiro atoms. The van der Waals surface area contributed by atoms with Gasteiger partial charge in [0.05, 0.1) is 11.8 Å². The molecule has 3 heteroatoms. The van der Waals surface area contributed by atoms with E-state index in [4.69, 9.17) is 4.42 Å². The largest absolute Gasteiger partial charge is 0.469 e. The number of hydrogen-bond acceptors (Lipinski definition) is 3. The fourth-order valence-corrected chi connectivity index (χ4v) is 3.10. The summed E-state index contributed by atoms with van der Waals surface area (Å²) >= 11 is 0. The predicted octanol–water partition coefficient (Wildman–Crippen LogP) is 1.34.